The predicted molar refractivity (Wildman–Crippen MR) is 73.9 cm³/mol. The van der Waals surface area contributed by atoms with Gasteiger partial charge in [0.1, 0.15) is 6.10 Å². The third kappa shape index (κ3) is 2.32. The molecular formula is C17H16O2. The maximum absolute atomic E-state index is 12.1. The topological polar surface area (TPSA) is 37.3 Å². The van der Waals surface area contributed by atoms with E-state index in [1.807, 2.05) is 30.3 Å². The summed E-state index contributed by atoms with van der Waals surface area (Å²) in [6, 6.07) is 17.3. The van der Waals surface area contributed by atoms with Crippen molar-refractivity contribution in [2.24, 2.45) is 0 Å². The third-order valence-corrected chi connectivity index (χ3v) is 3.83. The summed E-state index contributed by atoms with van der Waals surface area (Å²) in [5.41, 5.74) is 3.27. The molecule has 0 saturated heterocycles. The average Bonchev–Trinajstić information content (AvgIpc) is 2.44. The number of rotatable bonds is 4. The van der Waals surface area contributed by atoms with Gasteiger partial charge in [-0.1, -0.05) is 54.6 Å². The Balaban J connectivity index is 1.67. The Hall–Kier alpha value is -1.93. The summed E-state index contributed by atoms with van der Waals surface area (Å²) in [7, 11) is 0. The SMILES string of the molecule is O=C(CC1Cc2ccccc21)C(O)c1ccccc1. The molecule has 1 N–H and O–H groups in total. The van der Waals surface area contributed by atoms with Crippen LogP contribution in [0.1, 0.15) is 35.1 Å². The molecule has 19 heavy (non-hydrogen) atoms. The number of ketones is 1. The second kappa shape index (κ2) is 4.98. The summed E-state index contributed by atoms with van der Waals surface area (Å²) in [6.07, 6.45) is 0.380. The van der Waals surface area contributed by atoms with E-state index < -0.39 is 6.10 Å². The summed E-state index contributed by atoms with van der Waals surface area (Å²) >= 11 is 0. The van der Waals surface area contributed by atoms with Crippen LogP contribution in [0, 0.1) is 0 Å². The second-order valence-electron chi connectivity index (χ2n) is 5.08. The first-order valence-electron chi connectivity index (χ1n) is 6.59. The van der Waals surface area contributed by atoms with Gasteiger partial charge in [-0.25, -0.2) is 0 Å². The van der Waals surface area contributed by atoms with Crippen LogP contribution in [0.5, 0.6) is 0 Å². The van der Waals surface area contributed by atoms with E-state index >= 15 is 0 Å². The highest BCUT2D eigenvalue weighted by Crippen LogP contribution is 2.38. The number of benzene rings is 2. The summed E-state index contributed by atoms with van der Waals surface area (Å²) in [6.45, 7) is 0. The maximum atomic E-state index is 12.1. The van der Waals surface area contributed by atoms with Crippen molar-refractivity contribution in [3.8, 4) is 0 Å². The molecule has 2 aromatic rings. The number of Topliss-reactive ketones (excluding diaryl/α,β-unsaturated/α-hetero) is 1. The minimum atomic E-state index is -0.992. The van der Waals surface area contributed by atoms with E-state index in [2.05, 4.69) is 12.1 Å². The van der Waals surface area contributed by atoms with Crippen molar-refractivity contribution in [3.05, 3.63) is 71.3 Å². The highest BCUT2D eigenvalue weighted by atomic mass is 16.3. The van der Waals surface area contributed by atoms with Crippen LogP contribution in [-0.4, -0.2) is 10.9 Å². The highest BCUT2D eigenvalue weighted by molar-refractivity contribution is 5.85. The standard InChI is InChI=1S/C17H16O2/c18-16(17(19)12-6-2-1-3-7-12)11-14-10-13-8-4-5-9-15(13)14/h1-9,14,17,19H,10-11H2. The largest absolute Gasteiger partial charge is 0.381 e. The molecule has 1 aliphatic carbocycles. The molecule has 0 heterocycles. The molecule has 2 atom stereocenters. The minimum absolute atomic E-state index is 0.0919. The van der Waals surface area contributed by atoms with Gasteiger partial charge in [0.05, 0.1) is 0 Å². The molecule has 0 radical (unpaired) electrons. The van der Waals surface area contributed by atoms with E-state index in [1.54, 1.807) is 12.1 Å². The van der Waals surface area contributed by atoms with Gasteiger partial charge in [0.2, 0.25) is 0 Å². The lowest BCUT2D eigenvalue weighted by atomic mass is 9.74. The van der Waals surface area contributed by atoms with E-state index in [0.29, 0.717) is 12.0 Å². The first-order valence-corrected chi connectivity index (χ1v) is 6.59. The molecule has 0 aliphatic heterocycles. The third-order valence-electron chi connectivity index (χ3n) is 3.83. The quantitative estimate of drug-likeness (QED) is 0.908. The molecular weight excluding hydrogens is 236 g/mol. The van der Waals surface area contributed by atoms with Crippen molar-refractivity contribution < 1.29 is 9.90 Å². The van der Waals surface area contributed by atoms with Gasteiger partial charge in [-0.05, 0) is 29.0 Å². The number of carbonyl (C=O) groups excluding carboxylic acids is 1. The van der Waals surface area contributed by atoms with E-state index in [1.165, 1.54) is 11.1 Å². The van der Waals surface area contributed by atoms with Crippen LogP contribution in [0.4, 0.5) is 0 Å². The summed E-state index contributed by atoms with van der Waals surface area (Å²) in [5, 5.41) is 10.1. The van der Waals surface area contributed by atoms with Crippen molar-refractivity contribution in [1.82, 2.24) is 0 Å². The maximum Gasteiger partial charge on any atom is 0.166 e. The van der Waals surface area contributed by atoms with Crippen LogP contribution < -0.4 is 0 Å². The monoisotopic (exact) mass is 252 g/mol. The van der Waals surface area contributed by atoms with Crippen LogP contribution >= 0.6 is 0 Å². The van der Waals surface area contributed by atoms with Crippen LogP contribution in [0.2, 0.25) is 0 Å². The number of aliphatic hydroxyl groups excluding tert-OH is 1. The number of aliphatic hydroxyl groups is 1. The molecule has 2 unspecified atom stereocenters. The Morgan fingerprint density at radius 3 is 2.53 bits per heavy atom. The Kier molecular flexibility index (Phi) is 3.18. The summed E-state index contributed by atoms with van der Waals surface area (Å²) in [5.74, 6) is 0.188. The smallest absolute Gasteiger partial charge is 0.166 e. The molecule has 0 aromatic heterocycles. The molecule has 3 rings (SSSR count). The van der Waals surface area contributed by atoms with Gasteiger partial charge in [0.15, 0.2) is 5.78 Å². The van der Waals surface area contributed by atoms with Gasteiger partial charge in [-0.3, -0.25) is 4.79 Å². The van der Waals surface area contributed by atoms with Gasteiger partial charge in [-0.2, -0.15) is 0 Å². The van der Waals surface area contributed by atoms with E-state index in [-0.39, 0.29) is 11.7 Å². The normalized spacial score (nSPS) is 18.3. The lowest BCUT2D eigenvalue weighted by Crippen LogP contribution is -2.23. The predicted octanol–water partition coefficient (Wildman–Crippen LogP) is 3.02. The molecule has 0 amide bonds. The molecule has 96 valence electrons. The molecule has 2 heteroatoms. The Morgan fingerprint density at radius 2 is 1.79 bits per heavy atom. The van der Waals surface area contributed by atoms with Crippen LogP contribution in [0.25, 0.3) is 0 Å². The van der Waals surface area contributed by atoms with Crippen molar-refractivity contribution in [1.29, 1.82) is 0 Å². The van der Waals surface area contributed by atoms with Crippen LogP contribution in [-0.2, 0) is 11.2 Å². The van der Waals surface area contributed by atoms with Gasteiger partial charge in [0, 0.05) is 6.42 Å². The zero-order valence-electron chi connectivity index (χ0n) is 10.6. The van der Waals surface area contributed by atoms with Gasteiger partial charge in [-0.15, -0.1) is 0 Å². The first kappa shape index (κ1) is 12.1. The number of fused-ring (bicyclic) bond motifs is 1. The lowest BCUT2D eigenvalue weighted by molar-refractivity contribution is -0.127. The number of hydrogen-bond acceptors (Lipinski definition) is 2. The van der Waals surface area contributed by atoms with Crippen molar-refractivity contribution in [3.63, 3.8) is 0 Å². The zero-order chi connectivity index (χ0) is 13.2. The molecule has 2 aromatic carbocycles. The van der Waals surface area contributed by atoms with Gasteiger partial charge in [0.25, 0.3) is 0 Å². The first-order chi connectivity index (χ1) is 9.25. The minimum Gasteiger partial charge on any atom is -0.381 e. The van der Waals surface area contributed by atoms with E-state index in [0.717, 1.165) is 6.42 Å². The Morgan fingerprint density at radius 1 is 1.11 bits per heavy atom. The fourth-order valence-electron chi connectivity index (χ4n) is 2.72. The molecule has 2 nitrogen and oxygen atoms in total. The Bertz CT molecular complexity index is 589. The molecule has 0 spiro atoms. The fourth-order valence-corrected chi connectivity index (χ4v) is 2.72. The van der Waals surface area contributed by atoms with E-state index in [4.69, 9.17) is 0 Å². The van der Waals surface area contributed by atoms with Crippen molar-refractivity contribution in [2.75, 3.05) is 0 Å². The zero-order valence-corrected chi connectivity index (χ0v) is 10.6. The number of hydrogen-bond donors (Lipinski definition) is 1. The van der Waals surface area contributed by atoms with Crippen LogP contribution in [0.3, 0.4) is 0 Å². The lowest BCUT2D eigenvalue weighted by Gasteiger charge is -2.30. The Labute approximate surface area is 112 Å². The molecule has 0 fully saturated rings. The molecule has 0 bridgehead atoms. The summed E-state index contributed by atoms with van der Waals surface area (Å²) < 4.78 is 0. The second-order valence-corrected chi connectivity index (χ2v) is 5.08. The summed E-state index contributed by atoms with van der Waals surface area (Å²) in [4.78, 5) is 12.1. The highest BCUT2D eigenvalue weighted by Gasteiger charge is 2.29. The fraction of sp³-hybridized carbons (Fsp3) is 0.235. The van der Waals surface area contributed by atoms with Crippen molar-refractivity contribution in [2.45, 2.75) is 24.9 Å². The van der Waals surface area contributed by atoms with E-state index in [9.17, 15) is 9.90 Å². The van der Waals surface area contributed by atoms with Gasteiger partial charge < -0.3 is 5.11 Å². The number of carbonyl (C=O) groups is 1. The van der Waals surface area contributed by atoms with Gasteiger partial charge >= 0.3 is 0 Å². The molecule has 1 aliphatic rings. The average molecular weight is 252 g/mol. The van der Waals surface area contributed by atoms with Crippen molar-refractivity contribution >= 4 is 5.78 Å². The molecule has 0 saturated carbocycles. The van der Waals surface area contributed by atoms with Crippen LogP contribution in [0.15, 0.2) is 54.6 Å².